The van der Waals surface area contributed by atoms with E-state index in [1.807, 2.05) is 0 Å². The molecular weight excluding hydrogens is 246 g/mol. The highest BCUT2D eigenvalue weighted by Gasteiger charge is 2.24. The molecule has 2 aromatic rings. The molecule has 0 bridgehead atoms. The third-order valence-corrected chi connectivity index (χ3v) is 4.64. The van der Waals surface area contributed by atoms with Crippen LogP contribution in [0.1, 0.15) is 42.0 Å². The van der Waals surface area contributed by atoms with Crippen molar-refractivity contribution in [2.24, 2.45) is 0 Å². The highest BCUT2D eigenvalue weighted by molar-refractivity contribution is 5.68. The lowest BCUT2D eigenvalue weighted by Gasteiger charge is -2.28. The van der Waals surface area contributed by atoms with Gasteiger partial charge in [0.25, 0.3) is 0 Å². The standard InChI is InChI=1S/C17H19N3/c1-2-7-14(13(6-1)12-4-3-5-12)17-15-10-18-9-8-16(15)19-11-20-17/h1-2,6-7,11-12,18H,3-5,8-10H2. The number of hydrogen-bond donors (Lipinski definition) is 1. The Labute approximate surface area is 119 Å². The van der Waals surface area contributed by atoms with Crippen LogP contribution in [0, 0.1) is 0 Å². The van der Waals surface area contributed by atoms with Gasteiger partial charge < -0.3 is 5.32 Å². The van der Waals surface area contributed by atoms with Gasteiger partial charge in [0.2, 0.25) is 0 Å². The number of nitrogens with one attached hydrogen (secondary N) is 1. The Balaban J connectivity index is 1.85. The van der Waals surface area contributed by atoms with E-state index in [1.54, 1.807) is 6.33 Å². The summed E-state index contributed by atoms with van der Waals surface area (Å²) in [6, 6.07) is 8.79. The first kappa shape index (κ1) is 12.0. The van der Waals surface area contributed by atoms with Crippen molar-refractivity contribution in [1.29, 1.82) is 0 Å². The van der Waals surface area contributed by atoms with Crippen molar-refractivity contribution in [2.75, 3.05) is 6.54 Å². The van der Waals surface area contributed by atoms with Crippen LogP contribution in [0.15, 0.2) is 30.6 Å². The van der Waals surface area contributed by atoms with Gasteiger partial charge in [-0.1, -0.05) is 30.7 Å². The SMILES string of the molecule is c1ccc(C2CCC2)c(-c2ncnc3c2CNCC3)c1. The van der Waals surface area contributed by atoms with Crippen LogP contribution in [0.25, 0.3) is 11.3 Å². The molecule has 3 nitrogen and oxygen atoms in total. The molecule has 0 saturated heterocycles. The minimum atomic E-state index is 0.730. The normalized spacial score (nSPS) is 18.4. The lowest BCUT2D eigenvalue weighted by atomic mass is 9.77. The molecule has 4 rings (SSSR count). The highest BCUT2D eigenvalue weighted by Crippen LogP contribution is 2.41. The number of rotatable bonds is 2. The first-order valence-corrected chi connectivity index (χ1v) is 7.56. The molecule has 1 aromatic heterocycles. The fourth-order valence-electron chi connectivity index (χ4n) is 3.29. The van der Waals surface area contributed by atoms with Crippen molar-refractivity contribution in [3.8, 4) is 11.3 Å². The largest absolute Gasteiger partial charge is 0.312 e. The molecule has 20 heavy (non-hydrogen) atoms. The van der Waals surface area contributed by atoms with Crippen molar-refractivity contribution in [2.45, 2.75) is 38.1 Å². The van der Waals surface area contributed by atoms with E-state index < -0.39 is 0 Å². The minimum Gasteiger partial charge on any atom is -0.312 e. The van der Waals surface area contributed by atoms with E-state index in [9.17, 15) is 0 Å². The molecule has 2 heterocycles. The quantitative estimate of drug-likeness (QED) is 0.907. The summed E-state index contributed by atoms with van der Waals surface area (Å²) in [7, 11) is 0. The van der Waals surface area contributed by atoms with E-state index in [1.165, 1.54) is 41.6 Å². The Morgan fingerprint density at radius 1 is 1.10 bits per heavy atom. The van der Waals surface area contributed by atoms with Crippen LogP contribution in [0.3, 0.4) is 0 Å². The van der Waals surface area contributed by atoms with Crippen LogP contribution in [0.4, 0.5) is 0 Å². The van der Waals surface area contributed by atoms with Gasteiger partial charge in [-0.3, -0.25) is 0 Å². The van der Waals surface area contributed by atoms with E-state index in [-0.39, 0.29) is 0 Å². The molecular formula is C17H19N3. The maximum Gasteiger partial charge on any atom is 0.116 e. The van der Waals surface area contributed by atoms with Crippen molar-refractivity contribution in [3.63, 3.8) is 0 Å². The Bertz CT molecular complexity index is 632. The van der Waals surface area contributed by atoms with Gasteiger partial charge in [-0.15, -0.1) is 0 Å². The zero-order valence-corrected chi connectivity index (χ0v) is 11.6. The van der Waals surface area contributed by atoms with Crippen molar-refractivity contribution in [1.82, 2.24) is 15.3 Å². The van der Waals surface area contributed by atoms with Crippen molar-refractivity contribution < 1.29 is 0 Å². The Morgan fingerprint density at radius 3 is 2.85 bits per heavy atom. The molecule has 1 aromatic carbocycles. The van der Waals surface area contributed by atoms with Crippen molar-refractivity contribution >= 4 is 0 Å². The maximum absolute atomic E-state index is 4.61. The number of benzene rings is 1. The summed E-state index contributed by atoms with van der Waals surface area (Å²) in [4.78, 5) is 9.08. The van der Waals surface area contributed by atoms with E-state index in [0.29, 0.717) is 0 Å². The average Bonchev–Trinajstić information content (AvgIpc) is 2.46. The summed E-state index contributed by atoms with van der Waals surface area (Å²) in [6.07, 6.45) is 6.75. The second-order valence-electron chi connectivity index (χ2n) is 5.79. The molecule has 0 radical (unpaired) electrons. The molecule has 1 aliphatic carbocycles. The van der Waals surface area contributed by atoms with Gasteiger partial charge in [0.1, 0.15) is 6.33 Å². The average molecular weight is 265 g/mol. The zero-order valence-electron chi connectivity index (χ0n) is 11.6. The van der Waals surface area contributed by atoms with Crippen LogP contribution in [-0.4, -0.2) is 16.5 Å². The van der Waals surface area contributed by atoms with Crippen LogP contribution >= 0.6 is 0 Å². The Morgan fingerprint density at radius 2 is 2.00 bits per heavy atom. The molecule has 1 N–H and O–H groups in total. The van der Waals surface area contributed by atoms with Gasteiger partial charge in [0.05, 0.1) is 11.4 Å². The second-order valence-corrected chi connectivity index (χ2v) is 5.79. The summed E-state index contributed by atoms with van der Waals surface area (Å²) in [5.74, 6) is 0.730. The Kier molecular flexibility index (Phi) is 3.00. The van der Waals surface area contributed by atoms with Crippen LogP contribution < -0.4 is 5.32 Å². The monoisotopic (exact) mass is 265 g/mol. The summed E-state index contributed by atoms with van der Waals surface area (Å²) in [5.41, 5.74) is 6.46. The summed E-state index contributed by atoms with van der Waals surface area (Å²) < 4.78 is 0. The van der Waals surface area contributed by atoms with Crippen LogP contribution in [0.5, 0.6) is 0 Å². The smallest absolute Gasteiger partial charge is 0.116 e. The molecule has 2 aliphatic rings. The molecule has 1 fully saturated rings. The van der Waals surface area contributed by atoms with Gasteiger partial charge in [-0.25, -0.2) is 9.97 Å². The molecule has 0 spiro atoms. The molecule has 3 heteroatoms. The molecule has 0 unspecified atom stereocenters. The molecule has 1 aliphatic heterocycles. The molecule has 1 saturated carbocycles. The second kappa shape index (κ2) is 4.98. The van der Waals surface area contributed by atoms with Gasteiger partial charge in [0, 0.05) is 30.6 Å². The topological polar surface area (TPSA) is 37.8 Å². The number of fused-ring (bicyclic) bond motifs is 1. The highest BCUT2D eigenvalue weighted by atomic mass is 14.9. The minimum absolute atomic E-state index is 0.730. The summed E-state index contributed by atoms with van der Waals surface area (Å²) in [5, 5.41) is 3.45. The first-order chi connectivity index (χ1) is 9.93. The van der Waals surface area contributed by atoms with Crippen LogP contribution in [-0.2, 0) is 13.0 Å². The molecule has 0 amide bonds. The zero-order chi connectivity index (χ0) is 13.4. The predicted octanol–water partition coefficient (Wildman–Crippen LogP) is 3.06. The molecule has 102 valence electrons. The van der Waals surface area contributed by atoms with Crippen LogP contribution in [0.2, 0.25) is 0 Å². The number of nitrogens with zero attached hydrogens (tertiary/aromatic N) is 2. The maximum atomic E-state index is 4.61. The summed E-state index contributed by atoms with van der Waals surface area (Å²) in [6.45, 7) is 1.91. The van der Waals surface area contributed by atoms with Gasteiger partial charge in [-0.2, -0.15) is 0 Å². The van der Waals surface area contributed by atoms with Gasteiger partial charge in [0.15, 0.2) is 0 Å². The third kappa shape index (κ3) is 1.93. The van der Waals surface area contributed by atoms with Crippen molar-refractivity contribution in [3.05, 3.63) is 47.4 Å². The third-order valence-electron chi connectivity index (χ3n) is 4.64. The number of hydrogen-bond acceptors (Lipinski definition) is 3. The number of aromatic nitrogens is 2. The van der Waals surface area contributed by atoms with E-state index in [2.05, 4.69) is 39.6 Å². The first-order valence-electron chi connectivity index (χ1n) is 7.56. The van der Waals surface area contributed by atoms with Gasteiger partial charge >= 0.3 is 0 Å². The predicted molar refractivity (Wildman–Crippen MR) is 79.5 cm³/mol. The van der Waals surface area contributed by atoms with E-state index in [0.717, 1.165) is 31.1 Å². The van der Waals surface area contributed by atoms with Gasteiger partial charge in [-0.05, 0) is 24.3 Å². The van der Waals surface area contributed by atoms with E-state index in [4.69, 9.17) is 0 Å². The fourth-order valence-corrected chi connectivity index (χ4v) is 3.29. The Hall–Kier alpha value is -1.74. The molecule has 0 atom stereocenters. The lowest BCUT2D eigenvalue weighted by Crippen LogP contribution is -2.25. The lowest BCUT2D eigenvalue weighted by molar-refractivity contribution is 0.420. The summed E-state index contributed by atoms with van der Waals surface area (Å²) >= 11 is 0. The van der Waals surface area contributed by atoms with E-state index >= 15 is 0 Å². The fraction of sp³-hybridized carbons (Fsp3) is 0.412.